The zero-order chi connectivity index (χ0) is 15.6. The van der Waals surface area contributed by atoms with Gasteiger partial charge in [-0.25, -0.2) is 13.2 Å². The summed E-state index contributed by atoms with van der Waals surface area (Å²) < 4.78 is 51.5. The lowest BCUT2D eigenvalue weighted by Crippen LogP contribution is -2.41. The molecule has 114 valence electrons. The molecule has 2 fully saturated rings. The van der Waals surface area contributed by atoms with E-state index in [0.717, 1.165) is 18.6 Å². The summed E-state index contributed by atoms with van der Waals surface area (Å²) in [5, 5.41) is 0. The SMILES string of the molecule is CC1(C)OB([C@H]2C[C@@H]2c2cc(F)c(F)c(F)c2)OC1(C)C. The Balaban J connectivity index is 1.76. The Morgan fingerprint density at radius 1 is 1.00 bits per heavy atom. The first-order valence-electron chi connectivity index (χ1n) is 7.12. The summed E-state index contributed by atoms with van der Waals surface area (Å²) in [6, 6.07) is 2.13. The van der Waals surface area contributed by atoms with Crippen molar-refractivity contribution in [1.29, 1.82) is 0 Å². The maximum Gasteiger partial charge on any atom is 0.461 e. The van der Waals surface area contributed by atoms with Crippen LogP contribution in [0.25, 0.3) is 0 Å². The van der Waals surface area contributed by atoms with Crippen LogP contribution in [0, 0.1) is 17.5 Å². The number of rotatable bonds is 2. The molecule has 0 N–H and O–H groups in total. The largest absolute Gasteiger partial charge is 0.461 e. The van der Waals surface area contributed by atoms with Crippen LogP contribution in [0.15, 0.2) is 12.1 Å². The lowest BCUT2D eigenvalue weighted by atomic mass is 9.79. The van der Waals surface area contributed by atoms with E-state index >= 15 is 0 Å². The van der Waals surface area contributed by atoms with Gasteiger partial charge >= 0.3 is 7.12 Å². The summed E-state index contributed by atoms with van der Waals surface area (Å²) in [6.07, 6.45) is 0.724. The van der Waals surface area contributed by atoms with Gasteiger partial charge in [-0.2, -0.15) is 0 Å². The number of halogens is 3. The van der Waals surface area contributed by atoms with Crippen LogP contribution < -0.4 is 0 Å². The highest BCUT2D eigenvalue weighted by Gasteiger charge is 2.59. The first kappa shape index (κ1) is 14.9. The minimum absolute atomic E-state index is 0.0512. The molecule has 3 rings (SSSR count). The third-order valence-corrected chi connectivity index (χ3v) is 4.90. The lowest BCUT2D eigenvalue weighted by Gasteiger charge is -2.32. The highest BCUT2D eigenvalue weighted by atomic mass is 19.2. The first-order chi connectivity index (χ1) is 9.62. The lowest BCUT2D eigenvalue weighted by molar-refractivity contribution is 0.00578. The average molecular weight is 298 g/mol. The normalized spacial score (nSPS) is 29.8. The van der Waals surface area contributed by atoms with Gasteiger partial charge in [-0.15, -0.1) is 0 Å². The standard InChI is InChI=1S/C15H18BF3O2/c1-14(2)15(3,4)21-16(20-14)10-7-9(10)8-5-11(17)13(19)12(18)6-8/h5-6,9-10H,7H2,1-4H3/t9-,10+/m1/s1. The van der Waals surface area contributed by atoms with E-state index in [4.69, 9.17) is 9.31 Å². The van der Waals surface area contributed by atoms with Gasteiger partial charge < -0.3 is 9.31 Å². The van der Waals surface area contributed by atoms with Gasteiger partial charge in [0.05, 0.1) is 11.2 Å². The van der Waals surface area contributed by atoms with Crippen molar-refractivity contribution in [2.45, 2.75) is 57.1 Å². The first-order valence-corrected chi connectivity index (χ1v) is 7.12. The summed E-state index contributed by atoms with van der Waals surface area (Å²) in [7, 11) is -0.392. The highest BCUT2D eigenvalue weighted by Crippen LogP contribution is 2.58. The molecule has 1 aliphatic heterocycles. The Morgan fingerprint density at radius 2 is 1.48 bits per heavy atom. The van der Waals surface area contributed by atoms with Crippen LogP contribution in [-0.4, -0.2) is 18.3 Å². The van der Waals surface area contributed by atoms with Crippen LogP contribution in [0.5, 0.6) is 0 Å². The highest BCUT2D eigenvalue weighted by molar-refractivity contribution is 6.49. The topological polar surface area (TPSA) is 18.5 Å². The van der Waals surface area contributed by atoms with E-state index in [2.05, 4.69) is 0 Å². The summed E-state index contributed by atoms with van der Waals surface area (Å²) in [5.74, 6) is -3.72. The van der Waals surface area contributed by atoms with E-state index in [0.29, 0.717) is 5.56 Å². The van der Waals surface area contributed by atoms with Crippen molar-refractivity contribution < 1.29 is 22.5 Å². The van der Waals surface area contributed by atoms with Crippen LogP contribution in [0.3, 0.4) is 0 Å². The summed E-state index contributed by atoms with van der Waals surface area (Å²) >= 11 is 0. The molecular weight excluding hydrogens is 280 g/mol. The van der Waals surface area contributed by atoms with Crippen molar-refractivity contribution in [2.24, 2.45) is 0 Å². The monoisotopic (exact) mass is 298 g/mol. The maximum absolute atomic E-state index is 13.3. The minimum atomic E-state index is -1.42. The zero-order valence-corrected chi connectivity index (χ0v) is 12.5. The summed E-state index contributed by atoms with van der Waals surface area (Å²) in [4.78, 5) is 0. The Kier molecular flexibility index (Phi) is 3.19. The Hall–Kier alpha value is -1.01. The molecule has 1 saturated heterocycles. The molecule has 0 amide bonds. The van der Waals surface area contributed by atoms with Crippen molar-refractivity contribution in [1.82, 2.24) is 0 Å². The Labute approximate surface area is 122 Å². The minimum Gasteiger partial charge on any atom is -0.403 e. The summed E-state index contributed by atoms with van der Waals surface area (Å²) in [6.45, 7) is 7.84. The van der Waals surface area contributed by atoms with Gasteiger partial charge in [-0.3, -0.25) is 0 Å². The quantitative estimate of drug-likeness (QED) is 0.605. The van der Waals surface area contributed by atoms with E-state index in [9.17, 15) is 13.2 Å². The van der Waals surface area contributed by atoms with Crippen molar-refractivity contribution in [3.63, 3.8) is 0 Å². The van der Waals surface area contributed by atoms with E-state index < -0.39 is 35.8 Å². The van der Waals surface area contributed by atoms with E-state index in [1.54, 1.807) is 0 Å². The van der Waals surface area contributed by atoms with E-state index in [-0.39, 0.29) is 11.7 Å². The van der Waals surface area contributed by atoms with Crippen LogP contribution in [0.4, 0.5) is 13.2 Å². The molecule has 1 aromatic rings. The molecule has 1 aromatic carbocycles. The molecular formula is C15H18BF3O2. The molecule has 1 aliphatic carbocycles. The molecule has 2 aliphatic rings. The predicted molar refractivity (Wildman–Crippen MR) is 73.5 cm³/mol. The summed E-state index contributed by atoms with van der Waals surface area (Å²) in [5.41, 5.74) is -0.389. The smallest absolute Gasteiger partial charge is 0.403 e. The van der Waals surface area contributed by atoms with Gasteiger partial charge in [0.1, 0.15) is 0 Å². The van der Waals surface area contributed by atoms with E-state index in [1.807, 2.05) is 27.7 Å². The molecule has 1 saturated carbocycles. The van der Waals surface area contributed by atoms with Crippen molar-refractivity contribution in [2.75, 3.05) is 0 Å². The fourth-order valence-corrected chi connectivity index (χ4v) is 2.75. The fourth-order valence-electron chi connectivity index (χ4n) is 2.75. The Morgan fingerprint density at radius 3 is 1.95 bits per heavy atom. The van der Waals surface area contributed by atoms with Gasteiger partial charge in [0.2, 0.25) is 0 Å². The van der Waals surface area contributed by atoms with Crippen LogP contribution in [0.2, 0.25) is 5.82 Å². The second kappa shape index (κ2) is 4.49. The average Bonchev–Trinajstić information content (AvgIpc) is 3.09. The molecule has 2 nitrogen and oxygen atoms in total. The zero-order valence-electron chi connectivity index (χ0n) is 12.5. The number of hydrogen-bond donors (Lipinski definition) is 0. The Bertz CT molecular complexity index is 549. The van der Waals surface area contributed by atoms with E-state index in [1.165, 1.54) is 0 Å². The molecule has 0 bridgehead atoms. The van der Waals surface area contributed by atoms with Crippen molar-refractivity contribution >= 4 is 7.12 Å². The van der Waals surface area contributed by atoms with Crippen LogP contribution in [-0.2, 0) is 9.31 Å². The third kappa shape index (κ3) is 2.38. The molecule has 21 heavy (non-hydrogen) atoms. The fraction of sp³-hybridized carbons (Fsp3) is 0.600. The second-order valence-corrected chi connectivity index (χ2v) is 6.93. The third-order valence-electron chi connectivity index (χ3n) is 4.90. The molecule has 0 radical (unpaired) electrons. The predicted octanol–water partition coefficient (Wildman–Crippen LogP) is 4.05. The van der Waals surface area contributed by atoms with Gasteiger partial charge in [0, 0.05) is 5.82 Å². The molecule has 0 aromatic heterocycles. The molecule has 2 atom stereocenters. The second-order valence-electron chi connectivity index (χ2n) is 6.93. The number of benzene rings is 1. The molecule has 0 spiro atoms. The van der Waals surface area contributed by atoms with Crippen molar-refractivity contribution in [3.8, 4) is 0 Å². The molecule has 6 heteroatoms. The maximum atomic E-state index is 13.3. The van der Waals surface area contributed by atoms with Gasteiger partial charge in [0.25, 0.3) is 0 Å². The van der Waals surface area contributed by atoms with Crippen molar-refractivity contribution in [3.05, 3.63) is 35.1 Å². The number of hydrogen-bond acceptors (Lipinski definition) is 2. The van der Waals surface area contributed by atoms with Gasteiger partial charge in [-0.05, 0) is 57.7 Å². The molecule has 0 unspecified atom stereocenters. The van der Waals surface area contributed by atoms with Crippen LogP contribution in [0.1, 0.15) is 45.6 Å². The van der Waals surface area contributed by atoms with Gasteiger partial charge in [0.15, 0.2) is 17.5 Å². The van der Waals surface area contributed by atoms with Crippen LogP contribution >= 0.6 is 0 Å². The molecule has 1 heterocycles. The van der Waals surface area contributed by atoms with Gasteiger partial charge in [-0.1, -0.05) is 0 Å².